The van der Waals surface area contributed by atoms with Gasteiger partial charge in [-0.1, -0.05) is 6.92 Å². The fourth-order valence-corrected chi connectivity index (χ4v) is 0.177. The lowest BCUT2D eigenvalue weighted by atomic mass is 10.1. The molecular formula is C6H12S+2. The predicted octanol–water partition coefficient (Wildman–Crippen LogP) is 2.12. The normalized spacial score (nSPS) is 18.6. The van der Waals surface area contributed by atoms with E-state index in [4.69, 9.17) is 0 Å². The van der Waals surface area contributed by atoms with Crippen molar-refractivity contribution in [3.05, 3.63) is 13.8 Å². The van der Waals surface area contributed by atoms with Crippen molar-refractivity contribution in [1.82, 2.24) is 0 Å². The zero-order valence-electron chi connectivity index (χ0n) is 4.78. The number of thiol groups is 1. The minimum atomic E-state index is -0.0833. The van der Waals surface area contributed by atoms with E-state index in [0.717, 1.165) is 12.8 Å². The standard InChI is InChI=1S/C6H11S/c1-4-6(3,7)5-2/h1,3-5H2,2H3/q+1/p+1. The molecule has 0 aliphatic carbocycles. The highest BCUT2D eigenvalue weighted by atomic mass is 32.1. The monoisotopic (exact) mass is 116 g/mol. The number of hydrogen-bond acceptors (Lipinski definition) is 1. The van der Waals surface area contributed by atoms with Gasteiger partial charge in [0.15, 0.2) is 4.75 Å². The van der Waals surface area contributed by atoms with Gasteiger partial charge in [-0.15, -0.1) is 12.6 Å². The molecule has 0 aliphatic heterocycles. The Morgan fingerprint density at radius 3 is 2.14 bits per heavy atom. The maximum atomic E-state index is 4.21. The lowest BCUT2D eigenvalue weighted by Gasteiger charge is -2.04. The van der Waals surface area contributed by atoms with Crippen molar-refractivity contribution in [2.45, 2.75) is 24.5 Å². The molecule has 0 saturated heterocycles. The summed E-state index contributed by atoms with van der Waals surface area (Å²) in [5.41, 5.74) is 0. The summed E-state index contributed by atoms with van der Waals surface area (Å²) in [6.07, 6.45) is 1.78. The molecule has 0 fully saturated rings. The molecule has 1 heteroatoms. The van der Waals surface area contributed by atoms with Crippen molar-refractivity contribution in [1.29, 1.82) is 0 Å². The first-order chi connectivity index (χ1) is 3.12. The topological polar surface area (TPSA) is 0 Å². The maximum absolute atomic E-state index is 4.21. The van der Waals surface area contributed by atoms with E-state index in [9.17, 15) is 0 Å². The number of rotatable bonds is 2. The first kappa shape index (κ1) is 7.09. The minimum Gasteiger partial charge on any atom is -0.121 e. The van der Waals surface area contributed by atoms with Gasteiger partial charge in [0.1, 0.15) is 6.42 Å². The maximum Gasteiger partial charge on any atom is 0.187 e. The van der Waals surface area contributed by atoms with Gasteiger partial charge in [0, 0.05) is 6.42 Å². The molecular weight excluding hydrogens is 104 g/mol. The highest BCUT2D eigenvalue weighted by molar-refractivity contribution is 7.81. The minimum absolute atomic E-state index is 0.0833. The summed E-state index contributed by atoms with van der Waals surface area (Å²) in [6.45, 7) is 9.56. The van der Waals surface area contributed by atoms with Gasteiger partial charge in [0.2, 0.25) is 0 Å². The Morgan fingerprint density at radius 1 is 1.71 bits per heavy atom. The summed E-state index contributed by atoms with van der Waals surface area (Å²) in [5, 5.41) is 0. The van der Waals surface area contributed by atoms with Gasteiger partial charge in [0.25, 0.3) is 0 Å². The third-order valence-electron chi connectivity index (χ3n) is 1.12. The number of hydrogen-bond donors (Lipinski definition) is 1. The van der Waals surface area contributed by atoms with E-state index in [2.05, 4.69) is 33.4 Å². The van der Waals surface area contributed by atoms with Crippen molar-refractivity contribution < 1.29 is 0 Å². The second-order valence-electron chi connectivity index (χ2n) is 1.83. The lowest BCUT2D eigenvalue weighted by Crippen LogP contribution is -2.12. The van der Waals surface area contributed by atoms with Crippen LogP contribution in [0.5, 0.6) is 0 Å². The third-order valence-corrected chi connectivity index (χ3v) is 1.66. The molecule has 40 valence electrons. The van der Waals surface area contributed by atoms with Crippen LogP contribution in [0, 0.1) is 13.8 Å². The van der Waals surface area contributed by atoms with Crippen molar-refractivity contribution in [3.63, 3.8) is 0 Å². The third kappa shape index (κ3) is 2.75. The molecule has 0 saturated carbocycles. The van der Waals surface area contributed by atoms with E-state index in [1.165, 1.54) is 0 Å². The highest BCUT2D eigenvalue weighted by Gasteiger charge is 2.24. The molecule has 1 unspecified atom stereocenters. The van der Waals surface area contributed by atoms with E-state index in [0.29, 0.717) is 0 Å². The predicted molar refractivity (Wildman–Crippen MR) is 37.3 cm³/mol. The molecule has 0 aliphatic rings. The Labute approximate surface area is 51.7 Å². The van der Waals surface area contributed by atoms with E-state index < -0.39 is 0 Å². The largest absolute Gasteiger partial charge is 0.187 e. The molecule has 0 nitrogen and oxygen atoms in total. The second kappa shape index (κ2) is 2.41. The van der Waals surface area contributed by atoms with E-state index in [1.807, 2.05) is 0 Å². The van der Waals surface area contributed by atoms with Crippen LogP contribution >= 0.6 is 12.6 Å². The first-order valence-corrected chi connectivity index (χ1v) is 2.94. The summed E-state index contributed by atoms with van der Waals surface area (Å²) in [4.78, 5) is 0. The average molecular weight is 116 g/mol. The van der Waals surface area contributed by atoms with Crippen molar-refractivity contribution >= 4 is 12.6 Å². The van der Waals surface area contributed by atoms with Gasteiger partial charge in [-0.05, 0) is 0 Å². The smallest absolute Gasteiger partial charge is 0.121 e. The molecule has 0 aromatic rings. The Balaban J connectivity index is 3.36. The quantitative estimate of drug-likeness (QED) is 0.414. The molecule has 0 bridgehead atoms. The van der Waals surface area contributed by atoms with Crippen LogP contribution in [0.4, 0.5) is 0 Å². The fraction of sp³-hybridized carbons (Fsp3) is 0.667. The highest BCUT2D eigenvalue weighted by Crippen LogP contribution is 2.20. The first-order valence-electron chi connectivity index (χ1n) is 2.49. The van der Waals surface area contributed by atoms with Crippen LogP contribution in [0.25, 0.3) is 0 Å². The van der Waals surface area contributed by atoms with Gasteiger partial charge in [-0.25, -0.2) is 0 Å². The van der Waals surface area contributed by atoms with E-state index in [-0.39, 0.29) is 4.75 Å². The summed E-state index contributed by atoms with van der Waals surface area (Å²) in [7, 11) is 0. The van der Waals surface area contributed by atoms with Crippen LogP contribution in [-0.2, 0) is 0 Å². The fourth-order valence-electron chi connectivity index (χ4n) is 0.177. The Bertz CT molecular complexity index is 42.1. The molecule has 0 rings (SSSR count). The summed E-state index contributed by atoms with van der Waals surface area (Å²) in [5.74, 6) is 0. The summed E-state index contributed by atoms with van der Waals surface area (Å²) in [6, 6.07) is 0. The van der Waals surface area contributed by atoms with Gasteiger partial charge < -0.3 is 0 Å². The van der Waals surface area contributed by atoms with Gasteiger partial charge in [0.05, 0.1) is 13.8 Å². The van der Waals surface area contributed by atoms with Crippen LogP contribution < -0.4 is 0 Å². The molecule has 0 spiro atoms. The molecule has 0 aromatic heterocycles. The van der Waals surface area contributed by atoms with Crippen LogP contribution in [0.3, 0.4) is 0 Å². The van der Waals surface area contributed by atoms with Crippen molar-refractivity contribution in [2.24, 2.45) is 0 Å². The summed E-state index contributed by atoms with van der Waals surface area (Å²) < 4.78 is -0.0833. The van der Waals surface area contributed by atoms with Crippen molar-refractivity contribution in [2.75, 3.05) is 0 Å². The van der Waals surface area contributed by atoms with Gasteiger partial charge in [-0.3, -0.25) is 0 Å². The van der Waals surface area contributed by atoms with Crippen LogP contribution in [0.15, 0.2) is 0 Å². The molecule has 0 amide bonds. The SMILES string of the molecule is [CH2+]CC([CH2+])(S)CC. The van der Waals surface area contributed by atoms with Crippen LogP contribution in [0.1, 0.15) is 19.8 Å². The van der Waals surface area contributed by atoms with Crippen molar-refractivity contribution in [3.8, 4) is 0 Å². The molecule has 1 atom stereocenters. The summed E-state index contributed by atoms with van der Waals surface area (Å²) >= 11 is 4.21. The molecule has 0 radical (unpaired) electrons. The zero-order chi connectivity index (χ0) is 5.91. The Morgan fingerprint density at radius 2 is 2.14 bits per heavy atom. The van der Waals surface area contributed by atoms with Crippen LogP contribution in [0.2, 0.25) is 0 Å². The molecule has 0 heterocycles. The molecule has 0 aromatic carbocycles. The zero-order valence-corrected chi connectivity index (χ0v) is 5.67. The second-order valence-corrected chi connectivity index (χ2v) is 2.78. The Hall–Kier alpha value is 0.0900. The van der Waals surface area contributed by atoms with E-state index >= 15 is 0 Å². The molecule has 0 N–H and O–H groups in total. The molecule has 7 heavy (non-hydrogen) atoms. The Kier molecular flexibility index (Phi) is 2.44. The van der Waals surface area contributed by atoms with Gasteiger partial charge in [-0.2, -0.15) is 0 Å². The average Bonchev–Trinajstić information content (AvgIpc) is 1.68. The van der Waals surface area contributed by atoms with Gasteiger partial charge >= 0.3 is 0 Å². The van der Waals surface area contributed by atoms with E-state index in [1.54, 1.807) is 0 Å². The lowest BCUT2D eigenvalue weighted by molar-refractivity contribution is 0.694. The van der Waals surface area contributed by atoms with Crippen LogP contribution in [-0.4, -0.2) is 4.75 Å².